The minimum absolute atomic E-state index is 0.128. The van der Waals surface area contributed by atoms with E-state index in [0.717, 1.165) is 11.1 Å². The molecule has 0 bridgehead atoms. The SMILES string of the molecule is CC(=O)c1c(O)cccc1OCc1ccccc1COc1cccc(O)c1C(C)=O. The number of Topliss-reactive ketones (excluding diaryl/α,β-unsaturated/α-hetero) is 2. The first-order valence-corrected chi connectivity index (χ1v) is 9.36. The van der Waals surface area contributed by atoms with Crippen LogP contribution in [-0.4, -0.2) is 21.8 Å². The third-order valence-electron chi connectivity index (χ3n) is 4.60. The van der Waals surface area contributed by atoms with Crippen LogP contribution in [0.2, 0.25) is 0 Å². The topological polar surface area (TPSA) is 93.1 Å². The van der Waals surface area contributed by atoms with Crippen LogP contribution in [0.25, 0.3) is 0 Å². The van der Waals surface area contributed by atoms with Crippen LogP contribution in [0, 0.1) is 0 Å². The van der Waals surface area contributed by atoms with E-state index >= 15 is 0 Å². The Labute approximate surface area is 174 Å². The number of aromatic hydroxyl groups is 2. The second kappa shape index (κ2) is 9.13. The first-order chi connectivity index (χ1) is 14.4. The molecule has 3 aromatic carbocycles. The lowest BCUT2D eigenvalue weighted by molar-refractivity contribution is 0.0996. The van der Waals surface area contributed by atoms with E-state index in [4.69, 9.17) is 9.47 Å². The van der Waals surface area contributed by atoms with Gasteiger partial charge in [0.2, 0.25) is 0 Å². The van der Waals surface area contributed by atoms with Gasteiger partial charge < -0.3 is 19.7 Å². The molecule has 0 fully saturated rings. The number of benzene rings is 3. The summed E-state index contributed by atoms with van der Waals surface area (Å²) in [5, 5.41) is 19.9. The number of hydrogen-bond donors (Lipinski definition) is 2. The van der Waals surface area contributed by atoms with E-state index in [-0.39, 0.29) is 47.4 Å². The lowest BCUT2D eigenvalue weighted by Gasteiger charge is -2.15. The molecule has 0 spiro atoms. The zero-order valence-electron chi connectivity index (χ0n) is 16.7. The Morgan fingerprint density at radius 2 is 1.07 bits per heavy atom. The summed E-state index contributed by atoms with van der Waals surface area (Å²) in [5.41, 5.74) is 1.91. The summed E-state index contributed by atoms with van der Waals surface area (Å²) < 4.78 is 11.6. The summed E-state index contributed by atoms with van der Waals surface area (Å²) >= 11 is 0. The second-order valence-corrected chi connectivity index (χ2v) is 6.76. The van der Waals surface area contributed by atoms with Crippen LogP contribution in [0.3, 0.4) is 0 Å². The highest BCUT2D eigenvalue weighted by Crippen LogP contribution is 2.30. The molecule has 0 radical (unpaired) electrons. The Balaban J connectivity index is 1.79. The maximum atomic E-state index is 11.8. The molecule has 0 amide bonds. The van der Waals surface area contributed by atoms with Crippen molar-refractivity contribution in [2.75, 3.05) is 0 Å². The Morgan fingerprint density at radius 3 is 1.43 bits per heavy atom. The van der Waals surface area contributed by atoms with Gasteiger partial charge in [-0.25, -0.2) is 0 Å². The van der Waals surface area contributed by atoms with Gasteiger partial charge in [0.1, 0.15) is 47.3 Å². The highest BCUT2D eigenvalue weighted by atomic mass is 16.5. The maximum absolute atomic E-state index is 11.8. The predicted octanol–water partition coefficient (Wildman–Crippen LogP) is 4.66. The van der Waals surface area contributed by atoms with Gasteiger partial charge in [0, 0.05) is 0 Å². The van der Waals surface area contributed by atoms with Gasteiger partial charge >= 0.3 is 0 Å². The smallest absolute Gasteiger partial charge is 0.167 e. The van der Waals surface area contributed by atoms with Crippen LogP contribution in [0.5, 0.6) is 23.0 Å². The van der Waals surface area contributed by atoms with Crippen LogP contribution in [0.4, 0.5) is 0 Å². The molecule has 6 nitrogen and oxygen atoms in total. The summed E-state index contributed by atoms with van der Waals surface area (Å²) in [7, 11) is 0. The molecule has 0 aliphatic carbocycles. The van der Waals surface area contributed by atoms with Gasteiger partial charge in [-0.1, -0.05) is 36.4 Å². The van der Waals surface area contributed by atoms with E-state index in [2.05, 4.69) is 0 Å². The number of ketones is 2. The Morgan fingerprint density at radius 1 is 0.667 bits per heavy atom. The normalized spacial score (nSPS) is 10.5. The van der Waals surface area contributed by atoms with Gasteiger partial charge in [-0.15, -0.1) is 0 Å². The lowest BCUT2D eigenvalue weighted by atomic mass is 10.1. The monoisotopic (exact) mass is 406 g/mol. The molecule has 30 heavy (non-hydrogen) atoms. The largest absolute Gasteiger partial charge is 0.507 e. The van der Waals surface area contributed by atoms with Crippen molar-refractivity contribution >= 4 is 11.6 Å². The third-order valence-corrected chi connectivity index (χ3v) is 4.60. The number of hydrogen-bond acceptors (Lipinski definition) is 6. The van der Waals surface area contributed by atoms with Gasteiger partial charge in [-0.05, 0) is 49.2 Å². The van der Waals surface area contributed by atoms with E-state index in [1.165, 1.54) is 26.0 Å². The molecule has 0 unspecified atom stereocenters. The zero-order valence-corrected chi connectivity index (χ0v) is 16.7. The van der Waals surface area contributed by atoms with Crippen molar-refractivity contribution in [2.24, 2.45) is 0 Å². The third kappa shape index (κ3) is 4.60. The van der Waals surface area contributed by atoms with Crippen molar-refractivity contribution in [1.82, 2.24) is 0 Å². The van der Waals surface area contributed by atoms with Gasteiger partial charge in [0.05, 0.1) is 0 Å². The molecule has 0 saturated heterocycles. The molecular weight excluding hydrogens is 384 g/mol. The number of carbonyl (C=O) groups is 2. The van der Waals surface area contributed by atoms with Crippen molar-refractivity contribution in [3.8, 4) is 23.0 Å². The van der Waals surface area contributed by atoms with Crippen molar-refractivity contribution in [1.29, 1.82) is 0 Å². The van der Waals surface area contributed by atoms with E-state index in [1.807, 2.05) is 24.3 Å². The van der Waals surface area contributed by atoms with Gasteiger partial charge in [-0.3, -0.25) is 9.59 Å². The van der Waals surface area contributed by atoms with Crippen molar-refractivity contribution in [3.05, 3.63) is 82.9 Å². The molecule has 0 saturated carbocycles. The summed E-state index contributed by atoms with van der Waals surface area (Å²) in [6.07, 6.45) is 0. The van der Waals surface area contributed by atoms with E-state index in [1.54, 1.807) is 24.3 Å². The van der Waals surface area contributed by atoms with Crippen molar-refractivity contribution in [3.63, 3.8) is 0 Å². The van der Waals surface area contributed by atoms with Crippen LogP contribution in [0.1, 0.15) is 45.7 Å². The fraction of sp³-hybridized carbons (Fsp3) is 0.167. The van der Waals surface area contributed by atoms with Crippen LogP contribution in [0.15, 0.2) is 60.7 Å². The van der Waals surface area contributed by atoms with Crippen LogP contribution in [-0.2, 0) is 13.2 Å². The number of phenols is 2. The molecule has 0 heterocycles. The Kier molecular flexibility index (Phi) is 6.37. The molecule has 3 rings (SSSR count). The number of carbonyl (C=O) groups excluding carboxylic acids is 2. The van der Waals surface area contributed by atoms with Crippen molar-refractivity contribution in [2.45, 2.75) is 27.1 Å². The predicted molar refractivity (Wildman–Crippen MR) is 111 cm³/mol. The quantitative estimate of drug-likeness (QED) is 0.529. The zero-order chi connectivity index (χ0) is 21.7. The second-order valence-electron chi connectivity index (χ2n) is 6.76. The number of ether oxygens (including phenoxy) is 2. The summed E-state index contributed by atoms with van der Waals surface area (Å²) in [6.45, 7) is 3.04. The highest BCUT2D eigenvalue weighted by molar-refractivity contribution is 6.00. The maximum Gasteiger partial charge on any atom is 0.167 e. The molecule has 0 aromatic heterocycles. The molecule has 2 N–H and O–H groups in total. The highest BCUT2D eigenvalue weighted by Gasteiger charge is 2.16. The number of phenolic OH excluding ortho intramolecular Hbond substituents is 2. The summed E-state index contributed by atoms with van der Waals surface area (Å²) in [6, 6.07) is 16.8. The Bertz CT molecular complexity index is 1000. The Hall–Kier alpha value is -3.80. The minimum Gasteiger partial charge on any atom is -0.507 e. The van der Waals surface area contributed by atoms with E-state index in [9.17, 15) is 19.8 Å². The molecule has 0 atom stereocenters. The molecule has 0 aliphatic rings. The first kappa shape index (κ1) is 20.9. The average molecular weight is 406 g/mol. The first-order valence-electron chi connectivity index (χ1n) is 9.36. The lowest BCUT2D eigenvalue weighted by Crippen LogP contribution is -2.07. The van der Waals surface area contributed by atoms with Crippen LogP contribution < -0.4 is 9.47 Å². The molecular formula is C24H22O6. The van der Waals surface area contributed by atoms with Crippen molar-refractivity contribution < 1.29 is 29.3 Å². The fourth-order valence-electron chi connectivity index (χ4n) is 3.14. The average Bonchev–Trinajstić information content (AvgIpc) is 2.70. The minimum atomic E-state index is -0.291. The van der Waals surface area contributed by atoms with E-state index < -0.39 is 0 Å². The van der Waals surface area contributed by atoms with Gasteiger partial charge in [0.15, 0.2) is 11.6 Å². The standard InChI is InChI=1S/C24H22O6/c1-15(25)23-19(27)9-5-11-21(23)29-13-17-7-3-4-8-18(17)14-30-22-12-6-10-20(28)24(22)16(2)26/h3-12,27-28H,13-14H2,1-2H3. The molecule has 3 aromatic rings. The summed E-state index contributed by atoms with van der Waals surface area (Å²) in [4.78, 5) is 23.7. The molecule has 6 heteroatoms. The van der Waals surface area contributed by atoms with E-state index in [0.29, 0.717) is 11.5 Å². The molecule has 0 aliphatic heterocycles. The van der Waals surface area contributed by atoms with Crippen LogP contribution >= 0.6 is 0 Å². The van der Waals surface area contributed by atoms with Gasteiger partial charge in [-0.2, -0.15) is 0 Å². The number of rotatable bonds is 8. The summed E-state index contributed by atoms with van der Waals surface area (Å²) in [5.74, 6) is -0.245. The fourth-order valence-corrected chi connectivity index (χ4v) is 3.14. The molecule has 154 valence electrons. The van der Waals surface area contributed by atoms with Gasteiger partial charge in [0.25, 0.3) is 0 Å².